The van der Waals surface area contributed by atoms with Gasteiger partial charge in [-0.1, -0.05) is 0 Å². The van der Waals surface area contributed by atoms with Crippen LogP contribution in [-0.4, -0.2) is 20.8 Å². The minimum absolute atomic E-state index is 0.194. The zero-order valence-electron chi connectivity index (χ0n) is 6.21. The van der Waals surface area contributed by atoms with Crippen molar-refractivity contribution < 1.29 is 9.72 Å². The lowest BCUT2D eigenvalue weighted by molar-refractivity contribution is -0.389. The van der Waals surface area contributed by atoms with Gasteiger partial charge in [0.15, 0.2) is 0 Å². The molecule has 0 aliphatic heterocycles. The number of nitro groups is 1. The summed E-state index contributed by atoms with van der Waals surface area (Å²) in [6, 6.07) is 0. The lowest BCUT2D eigenvalue weighted by atomic mass is 10.5. The van der Waals surface area contributed by atoms with E-state index in [9.17, 15) is 14.9 Å². The fraction of sp³-hybridized carbons (Fsp3) is 0.333. The molecule has 0 unspecified atom stereocenters. The van der Waals surface area contributed by atoms with Crippen LogP contribution in [0.2, 0.25) is 0 Å². The van der Waals surface area contributed by atoms with E-state index >= 15 is 0 Å². The molecule has 1 aromatic rings. The second kappa shape index (κ2) is 3.61. The number of nitrogens with zero attached hydrogens (tertiary/aromatic N) is 3. The molecule has 6 heteroatoms. The molecular weight excluding hydrogens is 162 g/mol. The SMILES string of the molecule is O=CCCn1cnc([N+](=O)[O-])c1. The van der Waals surface area contributed by atoms with Gasteiger partial charge in [0.2, 0.25) is 6.33 Å². The molecule has 0 aliphatic rings. The topological polar surface area (TPSA) is 78.0 Å². The van der Waals surface area contributed by atoms with Crippen molar-refractivity contribution in [1.29, 1.82) is 0 Å². The molecule has 0 bridgehead atoms. The van der Waals surface area contributed by atoms with Crippen LogP contribution in [0.15, 0.2) is 12.5 Å². The second-order valence-electron chi connectivity index (χ2n) is 2.18. The van der Waals surface area contributed by atoms with Crippen molar-refractivity contribution in [2.24, 2.45) is 0 Å². The van der Waals surface area contributed by atoms with E-state index in [1.54, 1.807) is 0 Å². The number of aryl methyl sites for hydroxylation is 1. The third-order valence-corrected chi connectivity index (χ3v) is 1.31. The zero-order valence-corrected chi connectivity index (χ0v) is 6.21. The molecule has 0 aromatic carbocycles. The van der Waals surface area contributed by atoms with Gasteiger partial charge >= 0.3 is 5.82 Å². The first kappa shape index (κ1) is 8.38. The molecule has 6 nitrogen and oxygen atoms in total. The Morgan fingerprint density at radius 3 is 3.00 bits per heavy atom. The number of aldehydes is 1. The maximum Gasteiger partial charge on any atom is 0.381 e. The quantitative estimate of drug-likeness (QED) is 0.371. The molecule has 0 amide bonds. The largest absolute Gasteiger partial charge is 0.381 e. The summed E-state index contributed by atoms with van der Waals surface area (Å²) in [6.45, 7) is 0.435. The van der Waals surface area contributed by atoms with Crippen LogP contribution in [0.3, 0.4) is 0 Å². The van der Waals surface area contributed by atoms with Gasteiger partial charge in [0.05, 0.1) is 0 Å². The first-order chi connectivity index (χ1) is 5.74. The van der Waals surface area contributed by atoms with Crippen molar-refractivity contribution in [2.75, 3.05) is 0 Å². The molecule has 0 N–H and O–H groups in total. The second-order valence-corrected chi connectivity index (χ2v) is 2.18. The van der Waals surface area contributed by atoms with Gasteiger partial charge in [-0.05, 0) is 9.91 Å². The van der Waals surface area contributed by atoms with E-state index in [2.05, 4.69) is 4.98 Å². The Morgan fingerprint density at radius 2 is 2.50 bits per heavy atom. The van der Waals surface area contributed by atoms with E-state index < -0.39 is 4.92 Å². The molecule has 1 rings (SSSR count). The highest BCUT2D eigenvalue weighted by molar-refractivity contribution is 5.48. The number of hydrogen-bond donors (Lipinski definition) is 0. The lowest BCUT2D eigenvalue weighted by Gasteiger charge is -1.91. The minimum atomic E-state index is -0.572. The molecule has 0 atom stereocenters. The molecule has 1 heterocycles. The summed E-state index contributed by atoms with van der Waals surface area (Å²) in [4.78, 5) is 23.0. The molecule has 0 fully saturated rings. The Bertz CT molecular complexity index is 294. The molecule has 0 aliphatic carbocycles. The third-order valence-electron chi connectivity index (χ3n) is 1.31. The van der Waals surface area contributed by atoms with E-state index in [1.165, 1.54) is 17.1 Å². The smallest absolute Gasteiger partial charge is 0.358 e. The van der Waals surface area contributed by atoms with Crippen LogP contribution in [0.5, 0.6) is 0 Å². The standard InChI is InChI=1S/C6H7N3O3/c10-3-1-2-8-4-6(7-5-8)9(11)12/h3-5H,1-2H2. The Labute approximate surface area is 68.0 Å². The van der Waals surface area contributed by atoms with Gasteiger partial charge in [0.25, 0.3) is 0 Å². The Hall–Kier alpha value is -1.72. The molecule has 0 spiro atoms. The summed E-state index contributed by atoms with van der Waals surface area (Å²) >= 11 is 0. The number of carbonyl (C=O) groups is 1. The summed E-state index contributed by atoms with van der Waals surface area (Å²) in [7, 11) is 0. The van der Waals surface area contributed by atoms with Crippen LogP contribution in [0.25, 0.3) is 0 Å². The molecule has 12 heavy (non-hydrogen) atoms. The monoisotopic (exact) mass is 169 g/mol. The van der Waals surface area contributed by atoms with E-state index in [4.69, 9.17) is 0 Å². The van der Waals surface area contributed by atoms with Crippen molar-refractivity contribution >= 4 is 12.1 Å². The highest BCUT2D eigenvalue weighted by Crippen LogP contribution is 2.05. The normalized spacial score (nSPS) is 9.67. The summed E-state index contributed by atoms with van der Waals surface area (Å²) in [5.41, 5.74) is 0. The van der Waals surface area contributed by atoms with E-state index in [1.807, 2.05) is 0 Å². The number of rotatable bonds is 4. The molecule has 64 valence electrons. The lowest BCUT2D eigenvalue weighted by Crippen LogP contribution is -1.94. The van der Waals surface area contributed by atoms with Gasteiger partial charge in [-0.25, -0.2) is 0 Å². The Kier molecular flexibility index (Phi) is 2.52. The van der Waals surface area contributed by atoms with Gasteiger partial charge < -0.3 is 19.5 Å². The highest BCUT2D eigenvalue weighted by Gasteiger charge is 2.08. The van der Waals surface area contributed by atoms with Crippen molar-refractivity contribution in [1.82, 2.24) is 9.55 Å². The van der Waals surface area contributed by atoms with E-state index in [0.717, 1.165) is 6.29 Å². The van der Waals surface area contributed by atoms with Crippen LogP contribution in [0, 0.1) is 10.1 Å². The van der Waals surface area contributed by atoms with Crippen LogP contribution >= 0.6 is 0 Å². The van der Waals surface area contributed by atoms with Crippen LogP contribution in [-0.2, 0) is 11.3 Å². The van der Waals surface area contributed by atoms with Gasteiger partial charge in [0.1, 0.15) is 12.5 Å². The number of hydrogen-bond acceptors (Lipinski definition) is 4. The fourth-order valence-electron chi connectivity index (χ4n) is 0.767. The summed E-state index contributed by atoms with van der Waals surface area (Å²) in [6.07, 6.45) is 3.73. The number of imidazole rings is 1. The van der Waals surface area contributed by atoms with E-state index in [-0.39, 0.29) is 5.82 Å². The van der Waals surface area contributed by atoms with Gasteiger partial charge in [-0.2, -0.15) is 0 Å². The fourth-order valence-corrected chi connectivity index (χ4v) is 0.767. The number of aromatic nitrogens is 2. The van der Waals surface area contributed by atoms with Gasteiger partial charge in [0, 0.05) is 13.0 Å². The highest BCUT2D eigenvalue weighted by atomic mass is 16.6. The average molecular weight is 169 g/mol. The van der Waals surface area contributed by atoms with Crippen LogP contribution < -0.4 is 0 Å². The van der Waals surface area contributed by atoms with Crippen molar-refractivity contribution in [3.63, 3.8) is 0 Å². The maximum atomic E-state index is 10.1. The third kappa shape index (κ3) is 1.88. The molecule has 0 saturated heterocycles. The molecular formula is C6H7N3O3. The molecule has 1 aromatic heterocycles. The average Bonchev–Trinajstić information content (AvgIpc) is 2.48. The zero-order chi connectivity index (χ0) is 8.97. The first-order valence-corrected chi connectivity index (χ1v) is 3.34. The summed E-state index contributed by atoms with van der Waals surface area (Å²) in [5, 5.41) is 10.1. The first-order valence-electron chi connectivity index (χ1n) is 3.34. The van der Waals surface area contributed by atoms with Crippen molar-refractivity contribution in [3.05, 3.63) is 22.6 Å². The molecule has 0 saturated carbocycles. The van der Waals surface area contributed by atoms with Gasteiger partial charge in [-0.3, -0.25) is 0 Å². The van der Waals surface area contributed by atoms with Crippen LogP contribution in [0.1, 0.15) is 6.42 Å². The predicted molar refractivity (Wildman–Crippen MR) is 39.6 cm³/mol. The van der Waals surface area contributed by atoms with Crippen LogP contribution in [0.4, 0.5) is 5.82 Å². The maximum absolute atomic E-state index is 10.1. The van der Waals surface area contributed by atoms with E-state index in [0.29, 0.717) is 13.0 Å². The van der Waals surface area contributed by atoms with Gasteiger partial charge in [-0.15, -0.1) is 0 Å². The Morgan fingerprint density at radius 1 is 1.75 bits per heavy atom. The van der Waals surface area contributed by atoms with Crippen molar-refractivity contribution in [3.8, 4) is 0 Å². The number of carbonyl (C=O) groups excluding carboxylic acids is 1. The molecule has 0 radical (unpaired) electrons. The summed E-state index contributed by atoms with van der Waals surface area (Å²) < 4.78 is 1.51. The minimum Gasteiger partial charge on any atom is -0.358 e. The van der Waals surface area contributed by atoms with Crippen molar-refractivity contribution in [2.45, 2.75) is 13.0 Å². The Balaban J connectivity index is 2.64. The summed E-state index contributed by atoms with van der Waals surface area (Å²) in [5.74, 6) is -0.194. The predicted octanol–water partition coefficient (Wildman–Crippen LogP) is 0.380.